The summed E-state index contributed by atoms with van der Waals surface area (Å²) in [5.41, 5.74) is -0.200. The van der Waals surface area contributed by atoms with Crippen LogP contribution in [0.4, 0.5) is 0 Å². The number of hydrogen-bond donors (Lipinski definition) is 1. The summed E-state index contributed by atoms with van der Waals surface area (Å²) >= 11 is 0. The molecule has 0 heterocycles. The zero-order valence-electron chi connectivity index (χ0n) is 11.1. The van der Waals surface area contributed by atoms with Crippen molar-refractivity contribution in [3.8, 4) is 0 Å². The van der Waals surface area contributed by atoms with Gasteiger partial charge in [0.25, 0.3) is 0 Å². The Morgan fingerprint density at radius 2 is 1.94 bits per heavy atom. The predicted molar refractivity (Wildman–Crippen MR) is 72.0 cm³/mol. The Morgan fingerprint density at radius 3 is 2.44 bits per heavy atom. The molecule has 18 heavy (non-hydrogen) atoms. The van der Waals surface area contributed by atoms with E-state index in [-0.39, 0.29) is 6.61 Å². The average molecular weight is 248 g/mol. The van der Waals surface area contributed by atoms with Crippen molar-refractivity contribution in [1.29, 1.82) is 0 Å². The summed E-state index contributed by atoms with van der Waals surface area (Å²) < 4.78 is 4.93. The van der Waals surface area contributed by atoms with Gasteiger partial charge in [0.2, 0.25) is 0 Å². The van der Waals surface area contributed by atoms with Crippen molar-refractivity contribution in [3.05, 3.63) is 42.0 Å². The van der Waals surface area contributed by atoms with E-state index >= 15 is 0 Å². The molecule has 0 spiro atoms. The van der Waals surface area contributed by atoms with Gasteiger partial charge in [-0.2, -0.15) is 0 Å². The van der Waals surface area contributed by atoms with Crippen LogP contribution in [-0.4, -0.2) is 23.3 Å². The van der Waals surface area contributed by atoms with Crippen LogP contribution >= 0.6 is 0 Å². The minimum atomic E-state index is -1.62. The van der Waals surface area contributed by atoms with Gasteiger partial charge in [0.05, 0.1) is 6.61 Å². The number of hydrogen-bond acceptors (Lipinski definition) is 3. The number of rotatable bonds is 5. The van der Waals surface area contributed by atoms with Crippen LogP contribution in [0.1, 0.15) is 32.8 Å². The molecule has 1 atom stereocenters. The van der Waals surface area contributed by atoms with Crippen molar-refractivity contribution < 1.29 is 14.6 Å². The summed E-state index contributed by atoms with van der Waals surface area (Å²) in [7, 11) is 0. The lowest BCUT2D eigenvalue weighted by Crippen LogP contribution is -2.38. The summed E-state index contributed by atoms with van der Waals surface area (Å²) in [6.07, 6.45) is 2.59. The number of carbonyl (C=O) groups is 1. The zero-order valence-corrected chi connectivity index (χ0v) is 11.1. The first-order chi connectivity index (χ1) is 8.54. The summed E-state index contributed by atoms with van der Waals surface area (Å²) in [5.74, 6) is -0.617. The highest BCUT2D eigenvalue weighted by Crippen LogP contribution is 2.28. The second-order valence-electron chi connectivity index (χ2n) is 4.18. The monoisotopic (exact) mass is 248 g/mol. The van der Waals surface area contributed by atoms with E-state index < -0.39 is 11.6 Å². The van der Waals surface area contributed by atoms with Gasteiger partial charge >= 0.3 is 5.97 Å². The largest absolute Gasteiger partial charge is 0.464 e. The number of allylic oxidation sites excluding steroid dienone is 1. The summed E-state index contributed by atoms with van der Waals surface area (Å²) in [5, 5.41) is 10.4. The van der Waals surface area contributed by atoms with Crippen LogP contribution in [0.2, 0.25) is 0 Å². The molecule has 0 aliphatic carbocycles. The average Bonchev–Trinajstić information content (AvgIpc) is 2.37. The second kappa shape index (κ2) is 6.36. The van der Waals surface area contributed by atoms with Crippen molar-refractivity contribution in [2.24, 2.45) is 0 Å². The van der Waals surface area contributed by atoms with E-state index in [0.29, 0.717) is 5.57 Å². The Balaban J connectivity index is 3.14. The Kier molecular flexibility index (Phi) is 5.10. The van der Waals surface area contributed by atoms with Crippen LogP contribution in [-0.2, 0) is 9.53 Å². The third kappa shape index (κ3) is 3.20. The number of benzene rings is 1. The first kappa shape index (κ1) is 14.5. The third-order valence-electron chi connectivity index (χ3n) is 2.69. The van der Waals surface area contributed by atoms with E-state index in [4.69, 9.17) is 4.74 Å². The van der Waals surface area contributed by atoms with Crippen LogP contribution in [0.25, 0.3) is 5.57 Å². The van der Waals surface area contributed by atoms with Crippen LogP contribution in [0, 0.1) is 0 Å². The van der Waals surface area contributed by atoms with Crippen molar-refractivity contribution in [1.82, 2.24) is 0 Å². The Hall–Kier alpha value is -1.61. The topological polar surface area (TPSA) is 46.5 Å². The SMILES string of the molecule is CC/C=C(\c1ccccc1)[C@@](C)(O)C(=O)OCC. The number of carbonyl (C=O) groups excluding carboxylic acids is 1. The Bertz CT molecular complexity index is 419. The molecule has 3 nitrogen and oxygen atoms in total. The first-order valence-electron chi connectivity index (χ1n) is 6.19. The minimum absolute atomic E-state index is 0.253. The van der Waals surface area contributed by atoms with Gasteiger partial charge in [0.1, 0.15) is 0 Å². The van der Waals surface area contributed by atoms with E-state index in [0.717, 1.165) is 12.0 Å². The number of ether oxygens (including phenoxy) is 1. The third-order valence-corrected chi connectivity index (χ3v) is 2.69. The van der Waals surface area contributed by atoms with E-state index in [9.17, 15) is 9.90 Å². The van der Waals surface area contributed by atoms with Gasteiger partial charge in [0.15, 0.2) is 5.60 Å². The molecular formula is C15H20O3. The second-order valence-corrected chi connectivity index (χ2v) is 4.18. The maximum atomic E-state index is 11.8. The van der Waals surface area contributed by atoms with Gasteiger partial charge in [-0.25, -0.2) is 4.79 Å². The Labute approximate surface area is 108 Å². The quantitative estimate of drug-likeness (QED) is 0.815. The zero-order chi connectivity index (χ0) is 13.6. The molecule has 0 aliphatic rings. The number of esters is 1. The molecule has 0 fully saturated rings. The van der Waals surface area contributed by atoms with Gasteiger partial charge in [-0.15, -0.1) is 0 Å². The molecule has 3 heteroatoms. The van der Waals surface area contributed by atoms with Crippen LogP contribution < -0.4 is 0 Å². The van der Waals surface area contributed by atoms with Crippen LogP contribution in [0.15, 0.2) is 36.4 Å². The lowest BCUT2D eigenvalue weighted by Gasteiger charge is -2.25. The molecule has 1 aromatic rings. The number of aliphatic hydroxyl groups is 1. The summed E-state index contributed by atoms with van der Waals surface area (Å²) in [4.78, 5) is 11.8. The molecule has 0 radical (unpaired) electrons. The molecule has 0 unspecified atom stereocenters. The fraction of sp³-hybridized carbons (Fsp3) is 0.400. The standard InChI is InChI=1S/C15H20O3/c1-4-9-13(12-10-7-6-8-11-12)15(3,17)14(16)18-5-2/h6-11,17H,4-5H2,1-3H3/b13-9+/t15-/m1/s1. The summed E-state index contributed by atoms with van der Waals surface area (Å²) in [6.45, 7) is 5.41. The van der Waals surface area contributed by atoms with Crippen molar-refractivity contribution in [2.75, 3.05) is 6.61 Å². The highest BCUT2D eigenvalue weighted by Gasteiger charge is 2.36. The van der Waals surface area contributed by atoms with Crippen LogP contribution in [0.5, 0.6) is 0 Å². The van der Waals surface area contributed by atoms with Crippen molar-refractivity contribution in [3.63, 3.8) is 0 Å². The predicted octanol–water partition coefficient (Wildman–Crippen LogP) is 2.79. The highest BCUT2D eigenvalue weighted by atomic mass is 16.5. The molecule has 0 bridgehead atoms. The smallest absolute Gasteiger partial charge is 0.342 e. The van der Waals surface area contributed by atoms with Gasteiger partial charge < -0.3 is 9.84 Å². The van der Waals surface area contributed by atoms with E-state index in [1.165, 1.54) is 6.92 Å². The van der Waals surface area contributed by atoms with Crippen molar-refractivity contribution in [2.45, 2.75) is 32.8 Å². The first-order valence-corrected chi connectivity index (χ1v) is 6.19. The molecule has 0 aliphatic heterocycles. The highest BCUT2D eigenvalue weighted by molar-refractivity contribution is 5.95. The molecule has 0 aromatic heterocycles. The van der Waals surface area contributed by atoms with Gasteiger partial charge in [0, 0.05) is 0 Å². The van der Waals surface area contributed by atoms with Gasteiger partial charge in [-0.3, -0.25) is 0 Å². The van der Waals surface area contributed by atoms with E-state index in [2.05, 4.69) is 0 Å². The van der Waals surface area contributed by atoms with E-state index in [1.807, 2.05) is 43.3 Å². The summed E-state index contributed by atoms with van der Waals surface area (Å²) in [6, 6.07) is 9.39. The Morgan fingerprint density at radius 1 is 1.33 bits per heavy atom. The van der Waals surface area contributed by atoms with Crippen molar-refractivity contribution >= 4 is 11.5 Å². The molecule has 1 aromatic carbocycles. The molecular weight excluding hydrogens is 228 g/mol. The lowest BCUT2D eigenvalue weighted by atomic mass is 9.89. The normalized spacial score (nSPS) is 15.0. The fourth-order valence-corrected chi connectivity index (χ4v) is 1.80. The van der Waals surface area contributed by atoms with E-state index in [1.54, 1.807) is 6.92 Å². The minimum Gasteiger partial charge on any atom is -0.464 e. The molecule has 1 rings (SSSR count). The molecule has 0 amide bonds. The lowest BCUT2D eigenvalue weighted by molar-refractivity contribution is -0.157. The maximum absolute atomic E-state index is 11.8. The van der Waals surface area contributed by atoms with Gasteiger partial charge in [-0.1, -0.05) is 43.3 Å². The molecule has 98 valence electrons. The molecule has 1 N–H and O–H groups in total. The molecule has 0 saturated carbocycles. The van der Waals surface area contributed by atoms with Gasteiger partial charge in [-0.05, 0) is 31.4 Å². The fourth-order valence-electron chi connectivity index (χ4n) is 1.80. The molecule has 0 saturated heterocycles. The maximum Gasteiger partial charge on any atom is 0.342 e. The van der Waals surface area contributed by atoms with Crippen LogP contribution in [0.3, 0.4) is 0 Å².